The molecule has 0 radical (unpaired) electrons. The van der Waals surface area contributed by atoms with Gasteiger partial charge in [-0.2, -0.15) is 0 Å². The highest BCUT2D eigenvalue weighted by atomic mass is 16.5. The van der Waals surface area contributed by atoms with Crippen molar-refractivity contribution in [2.45, 2.75) is 26.7 Å². The van der Waals surface area contributed by atoms with Crippen molar-refractivity contribution < 1.29 is 14.3 Å². The van der Waals surface area contributed by atoms with Crippen molar-refractivity contribution in [2.24, 2.45) is 0 Å². The summed E-state index contributed by atoms with van der Waals surface area (Å²) in [7, 11) is 1.64. The molecular weight excluding hydrogens is 328 g/mol. The SMILES string of the molecule is COc1ccc(C)cc1CCNC(=O)CCNC(=O)c1cccc(C)c1. The third-order valence-electron chi connectivity index (χ3n) is 4.07. The van der Waals surface area contributed by atoms with E-state index in [1.54, 1.807) is 13.2 Å². The van der Waals surface area contributed by atoms with Crippen LogP contribution in [0.4, 0.5) is 0 Å². The number of hydrogen-bond acceptors (Lipinski definition) is 3. The number of hydrogen-bond donors (Lipinski definition) is 2. The zero-order valence-corrected chi connectivity index (χ0v) is 15.6. The van der Waals surface area contributed by atoms with Crippen molar-refractivity contribution in [2.75, 3.05) is 20.2 Å². The second-order valence-corrected chi connectivity index (χ2v) is 6.29. The number of ether oxygens (including phenoxy) is 1. The molecule has 2 rings (SSSR count). The van der Waals surface area contributed by atoms with E-state index >= 15 is 0 Å². The Kier molecular flexibility index (Phi) is 7.21. The Hall–Kier alpha value is -2.82. The minimum Gasteiger partial charge on any atom is -0.496 e. The zero-order valence-electron chi connectivity index (χ0n) is 15.6. The first kappa shape index (κ1) is 19.5. The Morgan fingerprint density at radius 1 is 0.962 bits per heavy atom. The molecule has 5 heteroatoms. The lowest BCUT2D eigenvalue weighted by Crippen LogP contribution is -2.31. The van der Waals surface area contributed by atoms with Crippen molar-refractivity contribution >= 4 is 11.8 Å². The van der Waals surface area contributed by atoms with E-state index in [0.29, 0.717) is 25.1 Å². The molecule has 0 aliphatic heterocycles. The maximum atomic E-state index is 12.0. The lowest BCUT2D eigenvalue weighted by atomic mass is 10.1. The smallest absolute Gasteiger partial charge is 0.251 e. The Labute approximate surface area is 154 Å². The first-order valence-electron chi connectivity index (χ1n) is 8.74. The third-order valence-corrected chi connectivity index (χ3v) is 4.07. The van der Waals surface area contributed by atoms with E-state index in [4.69, 9.17) is 4.74 Å². The predicted octanol–water partition coefficient (Wildman–Crippen LogP) is 2.79. The molecule has 0 aliphatic rings. The molecule has 2 N–H and O–H groups in total. The van der Waals surface area contributed by atoms with Crippen molar-refractivity contribution in [1.29, 1.82) is 0 Å². The number of aryl methyl sites for hydroxylation is 2. The first-order valence-corrected chi connectivity index (χ1v) is 8.74. The van der Waals surface area contributed by atoms with Gasteiger partial charge in [-0.25, -0.2) is 0 Å². The van der Waals surface area contributed by atoms with Crippen LogP contribution in [0.2, 0.25) is 0 Å². The van der Waals surface area contributed by atoms with Gasteiger partial charge in [-0.15, -0.1) is 0 Å². The molecule has 2 aromatic carbocycles. The second-order valence-electron chi connectivity index (χ2n) is 6.29. The van der Waals surface area contributed by atoms with Gasteiger partial charge in [0.25, 0.3) is 5.91 Å². The van der Waals surface area contributed by atoms with E-state index in [2.05, 4.69) is 16.7 Å². The van der Waals surface area contributed by atoms with Gasteiger partial charge < -0.3 is 15.4 Å². The van der Waals surface area contributed by atoms with Crippen molar-refractivity contribution in [1.82, 2.24) is 10.6 Å². The normalized spacial score (nSPS) is 10.3. The van der Waals surface area contributed by atoms with E-state index < -0.39 is 0 Å². The highest BCUT2D eigenvalue weighted by Crippen LogP contribution is 2.19. The second kappa shape index (κ2) is 9.61. The molecule has 0 saturated heterocycles. The number of nitrogens with one attached hydrogen (secondary N) is 2. The molecule has 0 aromatic heterocycles. The van der Waals surface area contributed by atoms with Gasteiger partial charge in [0.2, 0.25) is 5.91 Å². The molecule has 26 heavy (non-hydrogen) atoms. The van der Waals surface area contributed by atoms with Crippen LogP contribution in [0.15, 0.2) is 42.5 Å². The molecule has 0 heterocycles. The first-order chi connectivity index (χ1) is 12.5. The molecule has 5 nitrogen and oxygen atoms in total. The standard InChI is InChI=1S/C21H26N2O3/c1-15-5-4-6-18(14-15)21(25)23-12-10-20(24)22-11-9-17-13-16(2)7-8-19(17)26-3/h4-8,13-14H,9-12H2,1-3H3,(H,22,24)(H,23,25). The van der Waals surface area contributed by atoms with Gasteiger partial charge in [-0.1, -0.05) is 35.4 Å². The molecule has 0 fully saturated rings. The van der Waals surface area contributed by atoms with Gasteiger partial charge >= 0.3 is 0 Å². The maximum Gasteiger partial charge on any atom is 0.251 e. The minimum absolute atomic E-state index is 0.0823. The molecule has 0 unspecified atom stereocenters. The fraction of sp³-hybridized carbons (Fsp3) is 0.333. The molecule has 2 aromatic rings. The van der Waals surface area contributed by atoms with Gasteiger partial charge in [-0.05, 0) is 44.0 Å². The van der Waals surface area contributed by atoms with Crippen LogP contribution in [0.25, 0.3) is 0 Å². The van der Waals surface area contributed by atoms with Gasteiger partial charge in [-0.3, -0.25) is 9.59 Å². The summed E-state index contributed by atoms with van der Waals surface area (Å²) >= 11 is 0. The van der Waals surface area contributed by atoms with Crippen LogP contribution < -0.4 is 15.4 Å². The van der Waals surface area contributed by atoms with Crippen LogP contribution >= 0.6 is 0 Å². The van der Waals surface area contributed by atoms with Gasteiger partial charge in [0.05, 0.1) is 7.11 Å². The molecule has 0 aliphatic carbocycles. The van der Waals surface area contributed by atoms with E-state index in [1.807, 2.05) is 44.2 Å². The zero-order chi connectivity index (χ0) is 18.9. The summed E-state index contributed by atoms with van der Waals surface area (Å²) in [4.78, 5) is 24.0. The number of amides is 2. The molecule has 138 valence electrons. The summed E-state index contributed by atoms with van der Waals surface area (Å²) in [6.45, 7) is 4.81. The lowest BCUT2D eigenvalue weighted by molar-refractivity contribution is -0.120. The van der Waals surface area contributed by atoms with Crippen LogP contribution in [0.3, 0.4) is 0 Å². The highest BCUT2D eigenvalue weighted by molar-refractivity contribution is 5.94. The molecular formula is C21H26N2O3. The van der Waals surface area contributed by atoms with Crippen molar-refractivity contribution in [3.8, 4) is 5.75 Å². The fourth-order valence-corrected chi connectivity index (χ4v) is 2.71. The lowest BCUT2D eigenvalue weighted by Gasteiger charge is -2.10. The maximum absolute atomic E-state index is 12.0. The Morgan fingerprint density at radius 3 is 2.46 bits per heavy atom. The summed E-state index contributed by atoms with van der Waals surface area (Å²) in [5.74, 6) is 0.586. The van der Waals surface area contributed by atoms with Crippen molar-refractivity contribution in [3.05, 3.63) is 64.7 Å². The molecule has 0 saturated carbocycles. The number of carbonyl (C=O) groups is 2. The largest absolute Gasteiger partial charge is 0.496 e. The van der Waals surface area contributed by atoms with E-state index in [1.165, 1.54) is 0 Å². The predicted molar refractivity (Wildman–Crippen MR) is 103 cm³/mol. The van der Waals surface area contributed by atoms with E-state index in [9.17, 15) is 9.59 Å². The summed E-state index contributed by atoms with van der Waals surface area (Å²) < 4.78 is 5.34. The van der Waals surface area contributed by atoms with Crippen LogP contribution in [-0.2, 0) is 11.2 Å². The summed E-state index contributed by atoms with van der Waals surface area (Å²) in [5.41, 5.74) is 3.87. The summed E-state index contributed by atoms with van der Waals surface area (Å²) in [6, 6.07) is 13.4. The summed E-state index contributed by atoms with van der Waals surface area (Å²) in [5, 5.41) is 5.65. The Balaban J connectivity index is 1.71. The molecule has 0 bridgehead atoms. The van der Waals surface area contributed by atoms with E-state index in [-0.39, 0.29) is 18.2 Å². The monoisotopic (exact) mass is 354 g/mol. The van der Waals surface area contributed by atoms with Crippen LogP contribution in [0.5, 0.6) is 5.75 Å². The number of rotatable bonds is 8. The highest BCUT2D eigenvalue weighted by Gasteiger charge is 2.08. The summed E-state index contributed by atoms with van der Waals surface area (Å²) in [6.07, 6.45) is 0.953. The third kappa shape index (κ3) is 5.92. The number of methoxy groups -OCH3 is 1. The molecule has 2 amide bonds. The number of carbonyl (C=O) groups excluding carboxylic acids is 2. The van der Waals surface area contributed by atoms with Crippen LogP contribution in [0, 0.1) is 13.8 Å². The van der Waals surface area contributed by atoms with Gasteiger partial charge in [0.15, 0.2) is 0 Å². The Morgan fingerprint density at radius 2 is 1.73 bits per heavy atom. The number of benzene rings is 2. The minimum atomic E-state index is -0.161. The van der Waals surface area contributed by atoms with Crippen LogP contribution in [0.1, 0.15) is 33.5 Å². The Bertz CT molecular complexity index is 772. The average molecular weight is 354 g/mol. The van der Waals surface area contributed by atoms with Crippen LogP contribution in [-0.4, -0.2) is 32.0 Å². The van der Waals surface area contributed by atoms with Crippen molar-refractivity contribution in [3.63, 3.8) is 0 Å². The topological polar surface area (TPSA) is 67.4 Å². The van der Waals surface area contributed by atoms with E-state index in [0.717, 1.165) is 22.4 Å². The quantitative estimate of drug-likeness (QED) is 0.766. The van der Waals surface area contributed by atoms with Gasteiger partial charge in [0, 0.05) is 25.1 Å². The fourth-order valence-electron chi connectivity index (χ4n) is 2.71. The average Bonchev–Trinajstić information content (AvgIpc) is 2.62. The molecule has 0 atom stereocenters. The molecule has 0 spiro atoms. The van der Waals surface area contributed by atoms with Gasteiger partial charge in [0.1, 0.15) is 5.75 Å².